The molecule has 46 valence electrons. The number of amides is 1. The highest BCUT2D eigenvalue weighted by Crippen LogP contribution is 1.99. The lowest BCUT2D eigenvalue weighted by atomic mass is 10.3. The smallest absolute Gasteiger partial charge is 0.407 e. The Labute approximate surface area is 48.0 Å². The van der Waals surface area contributed by atoms with Crippen LogP contribution in [0.25, 0.3) is 0 Å². The van der Waals surface area contributed by atoms with Gasteiger partial charge >= 0.3 is 6.09 Å². The van der Waals surface area contributed by atoms with E-state index in [4.69, 9.17) is 0 Å². The predicted octanol–water partition coefficient (Wildman–Crippen LogP) is 0.505. The molecule has 0 unspecified atom stereocenters. The molecular weight excluding hydrogens is 106 g/mol. The lowest BCUT2D eigenvalue weighted by molar-refractivity contribution is 0.176. The number of hydrogen-bond donors (Lipinski definition) is 1. The van der Waals surface area contributed by atoms with Crippen LogP contribution < -0.4 is 5.32 Å². The quantitative estimate of drug-likeness (QED) is 0.540. The van der Waals surface area contributed by atoms with Gasteiger partial charge in [-0.25, -0.2) is 4.79 Å². The van der Waals surface area contributed by atoms with Crippen molar-refractivity contribution in [1.29, 1.82) is 0 Å². The zero-order valence-corrected chi connectivity index (χ0v) is 4.81. The summed E-state index contributed by atoms with van der Waals surface area (Å²) in [4.78, 5) is 10.3. The molecule has 3 heteroatoms. The Balaban J connectivity index is 2.32. The highest BCUT2D eigenvalue weighted by atomic mass is 16.6. The normalized spacial score (nSPS) is 27.1. The highest BCUT2D eigenvalue weighted by molar-refractivity contribution is 5.69. The van der Waals surface area contributed by atoms with Crippen LogP contribution >= 0.6 is 0 Å². The van der Waals surface area contributed by atoms with Gasteiger partial charge in [0.15, 0.2) is 0 Å². The molecule has 1 rings (SSSR count). The van der Waals surface area contributed by atoms with Gasteiger partial charge in [0.05, 0.1) is 6.04 Å². The van der Waals surface area contributed by atoms with Crippen LogP contribution in [-0.2, 0) is 4.74 Å². The van der Waals surface area contributed by atoms with Crippen LogP contribution in [0.15, 0.2) is 0 Å². The first-order valence-corrected chi connectivity index (χ1v) is 2.76. The largest absolute Gasteiger partial charge is 0.447 e. The second-order valence-corrected chi connectivity index (χ2v) is 1.85. The first-order valence-electron chi connectivity index (χ1n) is 2.76. The number of alkyl carbamates (subject to hydrolysis) is 1. The average molecular weight is 115 g/mol. The average Bonchev–Trinajstić information content (AvgIpc) is 2.14. The van der Waals surface area contributed by atoms with Crippen LogP contribution in [0.5, 0.6) is 0 Å². The molecule has 0 bridgehead atoms. The molecule has 8 heavy (non-hydrogen) atoms. The molecule has 1 amide bonds. The van der Waals surface area contributed by atoms with Gasteiger partial charge in [0.1, 0.15) is 6.61 Å². The van der Waals surface area contributed by atoms with Gasteiger partial charge in [0.2, 0.25) is 0 Å². The molecule has 0 aromatic rings. The van der Waals surface area contributed by atoms with Crippen molar-refractivity contribution in [3.8, 4) is 0 Å². The van der Waals surface area contributed by atoms with Crippen molar-refractivity contribution in [1.82, 2.24) is 5.32 Å². The van der Waals surface area contributed by atoms with E-state index in [9.17, 15) is 4.79 Å². The van der Waals surface area contributed by atoms with E-state index in [-0.39, 0.29) is 12.1 Å². The molecule has 1 saturated heterocycles. The van der Waals surface area contributed by atoms with Crippen molar-refractivity contribution < 1.29 is 9.53 Å². The Hall–Kier alpha value is -0.730. The van der Waals surface area contributed by atoms with Gasteiger partial charge in [-0.1, -0.05) is 6.92 Å². The van der Waals surface area contributed by atoms with Crippen LogP contribution in [0, 0.1) is 0 Å². The van der Waals surface area contributed by atoms with E-state index in [0.717, 1.165) is 6.42 Å². The Kier molecular flexibility index (Phi) is 1.37. The molecule has 0 aromatic heterocycles. The maximum Gasteiger partial charge on any atom is 0.407 e. The molecule has 3 nitrogen and oxygen atoms in total. The fourth-order valence-corrected chi connectivity index (χ4v) is 0.646. The molecule has 0 aliphatic carbocycles. The highest BCUT2D eigenvalue weighted by Gasteiger charge is 2.19. The third-order valence-electron chi connectivity index (χ3n) is 1.23. The van der Waals surface area contributed by atoms with Gasteiger partial charge in [0.25, 0.3) is 0 Å². The van der Waals surface area contributed by atoms with E-state index in [2.05, 4.69) is 10.1 Å². The van der Waals surface area contributed by atoms with Crippen molar-refractivity contribution >= 4 is 6.09 Å². The molecule has 1 aliphatic rings. The van der Waals surface area contributed by atoms with Crippen molar-refractivity contribution in [3.63, 3.8) is 0 Å². The number of hydrogen-bond acceptors (Lipinski definition) is 2. The molecule has 0 radical (unpaired) electrons. The van der Waals surface area contributed by atoms with Crippen LogP contribution in [0.2, 0.25) is 0 Å². The Morgan fingerprint density at radius 1 is 2.00 bits per heavy atom. The summed E-state index contributed by atoms with van der Waals surface area (Å²) in [7, 11) is 0. The molecule has 0 spiro atoms. The lowest BCUT2D eigenvalue weighted by Gasteiger charge is -1.97. The van der Waals surface area contributed by atoms with E-state index in [1.807, 2.05) is 6.92 Å². The molecule has 1 aliphatic heterocycles. The van der Waals surface area contributed by atoms with Gasteiger partial charge in [-0.05, 0) is 6.42 Å². The van der Waals surface area contributed by atoms with Crippen molar-refractivity contribution in [2.75, 3.05) is 6.61 Å². The summed E-state index contributed by atoms with van der Waals surface area (Å²) in [5.74, 6) is 0. The monoisotopic (exact) mass is 115 g/mol. The zero-order valence-electron chi connectivity index (χ0n) is 4.81. The van der Waals surface area contributed by atoms with E-state index in [0.29, 0.717) is 6.61 Å². The van der Waals surface area contributed by atoms with Crippen LogP contribution in [0.1, 0.15) is 13.3 Å². The van der Waals surface area contributed by atoms with Crippen LogP contribution in [-0.4, -0.2) is 18.7 Å². The molecular formula is C5H9NO2. The second kappa shape index (κ2) is 2.03. The standard InChI is InChI=1S/C5H9NO2/c1-2-4-3-8-5(7)6-4/h4H,2-3H2,1H3,(H,6,7)/t4-/m1/s1. The number of carbonyl (C=O) groups is 1. The first kappa shape index (κ1) is 5.41. The summed E-state index contributed by atoms with van der Waals surface area (Å²) >= 11 is 0. The van der Waals surface area contributed by atoms with Gasteiger partial charge < -0.3 is 10.1 Å². The Morgan fingerprint density at radius 3 is 3.00 bits per heavy atom. The lowest BCUT2D eigenvalue weighted by Crippen LogP contribution is -2.24. The zero-order chi connectivity index (χ0) is 5.98. The molecule has 1 atom stereocenters. The minimum absolute atomic E-state index is 0.252. The predicted molar refractivity (Wildman–Crippen MR) is 28.6 cm³/mol. The van der Waals surface area contributed by atoms with Crippen LogP contribution in [0.3, 0.4) is 0 Å². The number of rotatable bonds is 1. The molecule has 1 N–H and O–H groups in total. The fourth-order valence-electron chi connectivity index (χ4n) is 0.646. The summed E-state index contributed by atoms with van der Waals surface area (Å²) in [6.45, 7) is 2.55. The number of carbonyl (C=O) groups excluding carboxylic acids is 1. The maximum atomic E-state index is 10.3. The Morgan fingerprint density at radius 2 is 2.75 bits per heavy atom. The molecule has 0 aromatic carbocycles. The van der Waals surface area contributed by atoms with E-state index in [1.165, 1.54) is 0 Å². The van der Waals surface area contributed by atoms with Crippen LogP contribution in [0.4, 0.5) is 4.79 Å². The summed E-state index contributed by atoms with van der Waals surface area (Å²) in [5.41, 5.74) is 0. The van der Waals surface area contributed by atoms with E-state index >= 15 is 0 Å². The van der Waals surface area contributed by atoms with E-state index < -0.39 is 0 Å². The molecule has 1 heterocycles. The SMILES string of the molecule is CC[C@@H]1COC(=O)N1. The van der Waals surface area contributed by atoms with Gasteiger partial charge in [-0.15, -0.1) is 0 Å². The van der Waals surface area contributed by atoms with Gasteiger partial charge in [-0.3, -0.25) is 0 Å². The minimum Gasteiger partial charge on any atom is -0.447 e. The van der Waals surface area contributed by atoms with E-state index in [1.54, 1.807) is 0 Å². The van der Waals surface area contributed by atoms with Gasteiger partial charge in [0, 0.05) is 0 Å². The molecule has 1 fully saturated rings. The topological polar surface area (TPSA) is 38.3 Å². The fraction of sp³-hybridized carbons (Fsp3) is 0.800. The number of cyclic esters (lactones) is 1. The summed E-state index contributed by atoms with van der Waals surface area (Å²) in [5, 5.41) is 2.64. The maximum absolute atomic E-state index is 10.3. The summed E-state index contributed by atoms with van der Waals surface area (Å²) < 4.78 is 4.61. The van der Waals surface area contributed by atoms with Crippen molar-refractivity contribution in [2.24, 2.45) is 0 Å². The van der Waals surface area contributed by atoms with Crippen molar-refractivity contribution in [2.45, 2.75) is 19.4 Å². The second-order valence-electron chi connectivity index (χ2n) is 1.85. The number of nitrogens with one attached hydrogen (secondary N) is 1. The van der Waals surface area contributed by atoms with Crippen molar-refractivity contribution in [3.05, 3.63) is 0 Å². The first-order chi connectivity index (χ1) is 3.83. The van der Waals surface area contributed by atoms with Gasteiger partial charge in [-0.2, -0.15) is 0 Å². The molecule has 0 saturated carbocycles. The minimum atomic E-state index is -0.281. The third kappa shape index (κ3) is 0.911. The summed E-state index contributed by atoms with van der Waals surface area (Å²) in [6, 6.07) is 0.252. The Bertz CT molecular complexity index is 103. The number of ether oxygens (including phenoxy) is 1. The third-order valence-corrected chi connectivity index (χ3v) is 1.23. The summed E-state index contributed by atoms with van der Waals surface area (Å²) in [6.07, 6.45) is 0.669.